The first kappa shape index (κ1) is 47.3. The Bertz CT molecular complexity index is 1270. The minimum Gasteiger partial charge on any atom is -0.462 e. The zero-order valence-electron chi connectivity index (χ0n) is 40.2. The lowest BCUT2D eigenvalue weighted by Gasteiger charge is -2.72. The molecule has 2 nitrogen and oxygen atoms in total. The first-order chi connectivity index (χ1) is 27.1. The van der Waals surface area contributed by atoms with Crippen LogP contribution in [0.15, 0.2) is 11.6 Å². The SMILES string of the molecule is CCCCCCCCCCCCCCCCCCCCCCCC(=O)OC1CCC2(C)C(CCC3(C)C2CC=C2C4CC(C)(C)CCC4(C)C(C)CC23C)C1(C)C. The number of rotatable bonds is 23. The van der Waals surface area contributed by atoms with E-state index in [0.717, 1.165) is 24.7 Å². The van der Waals surface area contributed by atoms with Crippen LogP contribution >= 0.6 is 0 Å². The van der Waals surface area contributed by atoms with Gasteiger partial charge in [-0.15, -0.1) is 0 Å². The van der Waals surface area contributed by atoms with Crippen molar-refractivity contribution < 1.29 is 9.53 Å². The molecule has 4 saturated carbocycles. The van der Waals surface area contributed by atoms with Crippen LogP contribution in [0, 0.1) is 56.2 Å². The number of allylic oxidation sites excluding steroid dienone is 2. The molecule has 0 N–H and O–H groups in total. The summed E-state index contributed by atoms with van der Waals surface area (Å²) >= 11 is 0. The number of fused-ring (bicyclic) bond motifs is 7. The molecule has 0 heterocycles. The molecule has 5 rings (SSSR count). The number of carbonyl (C=O) groups excluding carboxylic acids is 1. The van der Waals surface area contributed by atoms with E-state index in [-0.39, 0.29) is 17.5 Å². The Morgan fingerprint density at radius 3 is 1.63 bits per heavy atom. The van der Waals surface area contributed by atoms with Crippen molar-refractivity contribution in [2.24, 2.45) is 56.2 Å². The maximum atomic E-state index is 13.3. The first-order valence-electron chi connectivity index (χ1n) is 26.0. The quantitative estimate of drug-likeness (QED) is 0.0585. The molecule has 5 aliphatic carbocycles. The van der Waals surface area contributed by atoms with E-state index >= 15 is 0 Å². The number of carbonyl (C=O) groups is 1. The number of unbranched alkanes of at least 4 members (excludes halogenated alkanes) is 20. The van der Waals surface area contributed by atoms with Crippen molar-refractivity contribution in [1.82, 2.24) is 0 Å². The van der Waals surface area contributed by atoms with Crippen molar-refractivity contribution in [2.45, 2.75) is 274 Å². The van der Waals surface area contributed by atoms with Crippen molar-refractivity contribution in [1.29, 1.82) is 0 Å². The molecular formula is C55H98O2. The molecule has 2 heteroatoms. The Morgan fingerprint density at radius 2 is 1.11 bits per heavy atom. The third-order valence-electron chi connectivity index (χ3n) is 19.3. The molecule has 9 unspecified atom stereocenters. The summed E-state index contributed by atoms with van der Waals surface area (Å²) in [6.07, 6.45) is 44.3. The molecular weight excluding hydrogens is 693 g/mol. The molecule has 0 saturated heterocycles. The smallest absolute Gasteiger partial charge is 0.306 e. The van der Waals surface area contributed by atoms with E-state index in [2.05, 4.69) is 75.3 Å². The van der Waals surface area contributed by atoms with Crippen LogP contribution in [0.25, 0.3) is 0 Å². The van der Waals surface area contributed by atoms with Crippen LogP contribution in [0.4, 0.5) is 0 Å². The van der Waals surface area contributed by atoms with Gasteiger partial charge in [-0.05, 0) is 115 Å². The highest BCUT2D eigenvalue weighted by molar-refractivity contribution is 5.69. The number of esters is 1. The highest BCUT2D eigenvalue weighted by Crippen LogP contribution is 2.76. The van der Waals surface area contributed by atoms with Gasteiger partial charge in [0.05, 0.1) is 0 Å². The minimum atomic E-state index is 0.0215. The molecule has 0 aliphatic heterocycles. The van der Waals surface area contributed by atoms with Gasteiger partial charge < -0.3 is 4.74 Å². The normalized spacial score (nSPS) is 36.7. The lowest BCUT2D eigenvalue weighted by molar-refractivity contribution is -0.215. The molecule has 0 amide bonds. The summed E-state index contributed by atoms with van der Waals surface area (Å²) in [7, 11) is 0. The Kier molecular flexibility index (Phi) is 16.9. The van der Waals surface area contributed by atoms with Gasteiger partial charge in [0.25, 0.3) is 0 Å². The second kappa shape index (κ2) is 20.4. The lowest BCUT2D eigenvalue weighted by Crippen LogP contribution is -2.65. The third kappa shape index (κ3) is 10.6. The standard InChI is InChI=1S/C55H98O2/c1-11-12-13-14-15-16-17-18-19-20-21-22-23-24-25-26-27-28-29-30-31-32-49(56)57-48-36-37-53(8)46(51(48,5)6)35-38-54(9)47(53)34-33-44-45-42-50(3,4)39-40-52(45,7)43(2)41-55(44,54)10/h33,43,45-48H,11-32,34-42H2,1-10H3. The van der Waals surface area contributed by atoms with Gasteiger partial charge in [-0.25, -0.2) is 0 Å². The molecule has 0 aromatic carbocycles. The molecule has 0 bridgehead atoms. The minimum absolute atomic E-state index is 0.0215. The zero-order valence-corrected chi connectivity index (χ0v) is 40.2. The molecule has 330 valence electrons. The van der Waals surface area contributed by atoms with Crippen molar-refractivity contribution in [3.05, 3.63) is 11.6 Å². The Labute approximate surface area is 356 Å². The molecule has 0 aromatic heterocycles. The highest BCUT2D eigenvalue weighted by atomic mass is 16.5. The first-order valence-corrected chi connectivity index (χ1v) is 26.0. The van der Waals surface area contributed by atoms with Crippen LogP contribution in [-0.4, -0.2) is 12.1 Å². The van der Waals surface area contributed by atoms with Gasteiger partial charge in [0.2, 0.25) is 0 Å². The van der Waals surface area contributed by atoms with Crippen molar-refractivity contribution in [2.75, 3.05) is 0 Å². The Morgan fingerprint density at radius 1 is 0.596 bits per heavy atom. The predicted molar refractivity (Wildman–Crippen MR) is 246 cm³/mol. The fourth-order valence-electron chi connectivity index (χ4n) is 15.1. The van der Waals surface area contributed by atoms with Gasteiger partial charge in [-0.3, -0.25) is 4.79 Å². The van der Waals surface area contributed by atoms with Gasteiger partial charge in [0.1, 0.15) is 6.10 Å². The van der Waals surface area contributed by atoms with Gasteiger partial charge in [0.15, 0.2) is 0 Å². The van der Waals surface area contributed by atoms with Crippen LogP contribution < -0.4 is 0 Å². The number of ether oxygens (including phenoxy) is 1. The van der Waals surface area contributed by atoms with E-state index in [4.69, 9.17) is 4.74 Å². The molecule has 0 aromatic rings. The van der Waals surface area contributed by atoms with E-state index < -0.39 is 0 Å². The molecule has 57 heavy (non-hydrogen) atoms. The molecule has 0 spiro atoms. The van der Waals surface area contributed by atoms with E-state index in [1.807, 2.05) is 5.57 Å². The topological polar surface area (TPSA) is 26.3 Å². The van der Waals surface area contributed by atoms with E-state index in [1.165, 1.54) is 180 Å². The summed E-state index contributed by atoms with van der Waals surface area (Å²) in [6.45, 7) is 25.8. The monoisotopic (exact) mass is 791 g/mol. The number of hydrogen-bond acceptors (Lipinski definition) is 2. The van der Waals surface area contributed by atoms with E-state index in [1.54, 1.807) is 0 Å². The highest BCUT2D eigenvalue weighted by Gasteiger charge is 2.69. The van der Waals surface area contributed by atoms with E-state index in [0.29, 0.717) is 45.3 Å². The molecule has 4 fully saturated rings. The maximum absolute atomic E-state index is 13.3. The fraction of sp³-hybridized carbons (Fsp3) is 0.945. The summed E-state index contributed by atoms with van der Waals surface area (Å²) in [5, 5.41) is 0. The molecule has 0 radical (unpaired) electrons. The number of hydrogen-bond donors (Lipinski definition) is 0. The second-order valence-electron chi connectivity index (χ2n) is 24.0. The van der Waals surface area contributed by atoms with Gasteiger partial charge in [-0.1, -0.05) is 209 Å². The average molecular weight is 791 g/mol. The van der Waals surface area contributed by atoms with E-state index in [9.17, 15) is 4.79 Å². The van der Waals surface area contributed by atoms with Crippen LogP contribution in [0.5, 0.6) is 0 Å². The molecule has 9 atom stereocenters. The van der Waals surface area contributed by atoms with Crippen LogP contribution in [0.1, 0.15) is 268 Å². The predicted octanol–water partition coefficient (Wildman–Crippen LogP) is 17.6. The van der Waals surface area contributed by atoms with Crippen LogP contribution in [0.3, 0.4) is 0 Å². The third-order valence-corrected chi connectivity index (χ3v) is 19.3. The lowest BCUT2D eigenvalue weighted by atomic mass is 9.33. The van der Waals surface area contributed by atoms with Crippen molar-refractivity contribution >= 4 is 5.97 Å². The van der Waals surface area contributed by atoms with Gasteiger partial charge >= 0.3 is 5.97 Å². The fourth-order valence-corrected chi connectivity index (χ4v) is 15.1. The Hall–Kier alpha value is -0.790. The largest absolute Gasteiger partial charge is 0.462 e. The van der Waals surface area contributed by atoms with Crippen molar-refractivity contribution in [3.8, 4) is 0 Å². The average Bonchev–Trinajstić information content (AvgIpc) is 3.15. The van der Waals surface area contributed by atoms with Crippen LogP contribution in [0.2, 0.25) is 0 Å². The summed E-state index contributed by atoms with van der Waals surface area (Å²) in [6, 6.07) is 0. The zero-order chi connectivity index (χ0) is 41.4. The maximum Gasteiger partial charge on any atom is 0.306 e. The Balaban J connectivity index is 0.970. The second-order valence-corrected chi connectivity index (χ2v) is 24.0. The van der Waals surface area contributed by atoms with Gasteiger partial charge in [0, 0.05) is 11.8 Å². The molecule has 5 aliphatic rings. The summed E-state index contributed by atoms with van der Waals surface area (Å²) < 4.78 is 6.46. The van der Waals surface area contributed by atoms with Crippen molar-refractivity contribution in [3.63, 3.8) is 0 Å². The summed E-state index contributed by atoms with van der Waals surface area (Å²) in [5.74, 6) is 2.91. The summed E-state index contributed by atoms with van der Waals surface area (Å²) in [5.41, 5.74) is 3.74. The van der Waals surface area contributed by atoms with Crippen LogP contribution in [-0.2, 0) is 9.53 Å². The van der Waals surface area contributed by atoms with Gasteiger partial charge in [-0.2, -0.15) is 0 Å². The summed E-state index contributed by atoms with van der Waals surface area (Å²) in [4.78, 5) is 13.3.